The number of hydrogen-bond donors (Lipinski definition) is 6. The summed E-state index contributed by atoms with van der Waals surface area (Å²) in [6.07, 6.45) is -2.03. The number of amides is 4. The van der Waals surface area contributed by atoms with Crippen LogP contribution in [0.1, 0.15) is 64.8 Å². The smallest absolute Gasteiger partial charge is 0.243 e. The Kier molecular flexibility index (Phi) is 20.9. The van der Waals surface area contributed by atoms with Gasteiger partial charge in [-0.3, -0.25) is 24.5 Å². The van der Waals surface area contributed by atoms with E-state index in [-0.39, 0.29) is 123 Å². The maximum absolute atomic E-state index is 16.5. The molecule has 79 heavy (non-hydrogen) atoms. The number of rotatable bonds is 24. The number of likely N-dealkylation sites (N-methyl/N-ethyl adjacent to an activating group) is 1. The van der Waals surface area contributed by atoms with Gasteiger partial charge in [0.15, 0.2) is 5.82 Å². The third kappa shape index (κ3) is 15.4. The Balaban J connectivity index is 0.808. The van der Waals surface area contributed by atoms with Crippen LogP contribution >= 0.6 is 22.9 Å². The molecule has 2 aromatic heterocycles. The van der Waals surface area contributed by atoms with Crippen molar-refractivity contribution in [3.05, 3.63) is 82.0 Å². The fourth-order valence-electron chi connectivity index (χ4n) is 9.45. The number of aryl methyl sites for hydroxylation is 1. The third-order valence-electron chi connectivity index (χ3n) is 13.9. The van der Waals surface area contributed by atoms with E-state index in [0.29, 0.717) is 32.0 Å². The molecule has 24 heteroatoms. The molecule has 0 bridgehead atoms. The van der Waals surface area contributed by atoms with Gasteiger partial charge in [0.2, 0.25) is 29.6 Å². The van der Waals surface area contributed by atoms with Crippen LogP contribution in [0.5, 0.6) is 5.75 Å². The number of aromatic hydroxyl groups is 1. The number of aliphatic hydroxyl groups excluding tert-OH is 2. The summed E-state index contributed by atoms with van der Waals surface area (Å²) in [5.74, 6) is -3.12. The maximum atomic E-state index is 16.5. The summed E-state index contributed by atoms with van der Waals surface area (Å²) in [6.45, 7) is 13.6. The number of carbonyl (C=O) groups excluding carboxylic acids is 4. The lowest BCUT2D eigenvalue weighted by Gasteiger charge is -2.36. The largest absolute Gasteiger partial charge is 0.507 e. The van der Waals surface area contributed by atoms with Gasteiger partial charge >= 0.3 is 0 Å². The van der Waals surface area contributed by atoms with E-state index in [0.717, 1.165) is 27.8 Å². The van der Waals surface area contributed by atoms with E-state index < -0.39 is 58.7 Å². The highest BCUT2D eigenvalue weighted by Crippen LogP contribution is 2.43. The molecule has 2 fully saturated rings. The molecule has 4 heterocycles. The topological polar surface area (TPSA) is 244 Å². The molecular weight excluding hydrogens is 1070 g/mol. The maximum Gasteiger partial charge on any atom is 0.243 e. The fourth-order valence-corrected chi connectivity index (χ4v) is 10.6. The molecule has 0 spiro atoms. The van der Waals surface area contributed by atoms with Gasteiger partial charge in [0.25, 0.3) is 0 Å². The van der Waals surface area contributed by atoms with E-state index >= 15 is 8.78 Å². The van der Waals surface area contributed by atoms with Gasteiger partial charge in [0.05, 0.1) is 84.5 Å². The first-order chi connectivity index (χ1) is 37.6. The normalized spacial score (nSPS) is 17.0. The second-order valence-electron chi connectivity index (χ2n) is 20.7. The van der Waals surface area contributed by atoms with Crippen LogP contribution in [0, 0.1) is 24.0 Å². The van der Waals surface area contributed by atoms with Crippen molar-refractivity contribution in [1.29, 1.82) is 0 Å². The zero-order valence-corrected chi connectivity index (χ0v) is 47.1. The molecule has 4 amide bonds. The Hall–Kier alpha value is -6.18. The van der Waals surface area contributed by atoms with Gasteiger partial charge < -0.3 is 59.8 Å². The van der Waals surface area contributed by atoms with E-state index in [4.69, 9.17) is 25.8 Å². The molecule has 7 rings (SSSR count). The van der Waals surface area contributed by atoms with Gasteiger partial charge in [0.1, 0.15) is 35.2 Å². The number of phenolic OH excluding ortho intramolecular Hbond substituents is 1. The van der Waals surface area contributed by atoms with Crippen molar-refractivity contribution in [2.24, 2.45) is 5.41 Å². The van der Waals surface area contributed by atoms with E-state index in [1.165, 1.54) is 34.9 Å². The van der Waals surface area contributed by atoms with Crippen molar-refractivity contribution >= 4 is 69.2 Å². The lowest BCUT2D eigenvalue weighted by molar-refractivity contribution is -0.144. The number of halogens is 3. The van der Waals surface area contributed by atoms with E-state index in [1.54, 1.807) is 28.8 Å². The van der Waals surface area contributed by atoms with Gasteiger partial charge in [0, 0.05) is 83.6 Å². The zero-order chi connectivity index (χ0) is 57.1. The molecule has 6 N–H and O–H groups in total. The fraction of sp³-hybridized carbons (Fsp3) is 0.509. The van der Waals surface area contributed by atoms with Crippen molar-refractivity contribution < 1.29 is 57.5 Å². The monoisotopic (exact) mass is 1140 g/mol. The summed E-state index contributed by atoms with van der Waals surface area (Å²) in [6, 6.07) is 10.7. The Morgan fingerprint density at radius 1 is 0.962 bits per heavy atom. The van der Waals surface area contributed by atoms with Crippen molar-refractivity contribution in [2.45, 2.75) is 84.8 Å². The minimum Gasteiger partial charge on any atom is -0.507 e. The Morgan fingerprint density at radius 3 is 2.29 bits per heavy atom. The van der Waals surface area contributed by atoms with Gasteiger partial charge in [-0.15, -0.1) is 11.3 Å². The summed E-state index contributed by atoms with van der Waals surface area (Å²) >= 11 is 8.13. The molecule has 5 atom stereocenters. The molecular formula is C55H71ClF2N10O10S. The lowest BCUT2D eigenvalue weighted by atomic mass is 9.85. The quantitative estimate of drug-likeness (QED) is 0.0330. The molecule has 20 nitrogen and oxygen atoms in total. The average molecular weight is 1140 g/mol. The number of benzene rings is 3. The number of aliphatic hydroxyl groups is 2. The Labute approximate surface area is 467 Å². The second-order valence-corrected chi connectivity index (χ2v) is 22.0. The van der Waals surface area contributed by atoms with Gasteiger partial charge in [-0.05, 0) is 48.6 Å². The van der Waals surface area contributed by atoms with Crippen LogP contribution in [0.4, 0.5) is 20.5 Å². The highest BCUT2D eigenvalue weighted by Gasteiger charge is 2.45. The first-order valence-electron chi connectivity index (χ1n) is 26.2. The number of aromatic nitrogens is 3. The van der Waals surface area contributed by atoms with Gasteiger partial charge in [-0.2, -0.15) is 4.98 Å². The molecule has 3 aromatic carbocycles. The number of phenols is 1. The standard InChI is InChI=1S/C55H71ClF2N10O10S/c1-32(35-11-13-36(14-12-35)49-33(2)60-31-79-49)61-52(74)41-27-37(70)29-68(41)53(75)50(55(4,5)6)62-43(72)30-78-26-25-77-24-23-76-22-21-65(7)44(73)15-16-59-54-63-48-38(51(64-54)67-19-17-66(18-20-67)34(3)69)28-39(56)45(47(48)58)46-40(57)9-8-10-42(46)71/h8-14,28,31-32,37,41,43,50,62,70-72H,15-27,29-30H2,1-7H3,(H,61,74)(H,59,63,64)/t32-,37+,41-,43?,50+/m0/s1. The van der Waals surface area contributed by atoms with Crippen molar-refractivity contribution in [2.75, 3.05) is 103 Å². The predicted octanol–water partition coefficient (Wildman–Crippen LogP) is 5.51. The number of thiazole rings is 1. The Bertz CT molecular complexity index is 2910. The SMILES string of the molecule is CC(=O)N1CCN(c2nc(NCCC(=O)N(C)CCOCCOCCOCC(O)N[C@H](C(=O)N3C[C@H](O)C[C@H]3C(=O)N[C@@H](C)c3ccc(-c4scnc4C)cc3)C(C)(C)C)nc3c(F)c(-c4c(O)cccc4F)c(Cl)cc23)CC1. The number of anilines is 2. The summed E-state index contributed by atoms with van der Waals surface area (Å²) < 4.78 is 48.4. The van der Waals surface area contributed by atoms with Crippen LogP contribution in [0.2, 0.25) is 5.02 Å². The van der Waals surface area contributed by atoms with Crippen LogP contribution in [-0.4, -0.2) is 186 Å². The molecule has 2 aliphatic rings. The summed E-state index contributed by atoms with van der Waals surface area (Å²) in [5, 5.41) is 41.2. The van der Waals surface area contributed by atoms with E-state index in [1.807, 2.05) is 63.8 Å². The van der Waals surface area contributed by atoms with Crippen LogP contribution in [0.15, 0.2) is 54.0 Å². The second kappa shape index (κ2) is 27.3. The first-order valence-corrected chi connectivity index (χ1v) is 27.5. The van der Waals surface area contributed by atoms with Gasteiger partial charge in [-0.1, -0.05) is 62.7 Å². The van der Waals surface area contributed by atoms with Crippen LogP contribution < -0.4 is 20.9 Å². The zero-order valence-electron chi connectivity index (χ0n) is 45.6. The lowest BCUT2D eigenvalue weighted by Crippen LogP contribution is -2.59. The highest BCUT2D eigenvalue weighted by atomic mass is 35.5. The number of likely N-dealkylation sites (tertiary alicyclic amines) is 1. The first kappa shape index (κ1) is 60.5. The number of piperazine rings is 1. The molecule has 5 aromatic rings. The van der Waals surface area contributed by atoms with Crippen LogP contribution in [-0.2, 0) is 33.4 Å². The number of nitrogens with one attached hydrogen (secondary N) is 3. The average Bonchev–Trinajstić information content (AvgIpc) is 4.08. The number of hydrogen-bond acceptors (Lipinski definition) is 17. The summed E-state index contributed by atoms with van der Waals surface area (Å²) in [5.41, 5.74) is 3.02. The number of carbonyl (C=O) groups is 4. The number of β-amino-alcohol motifs (C(OH)–C–C–N with tert-alkyl or cyclic N) is 1. The molecule has 2 saturated heterocycles. The molecule has 2 aliphatic heterocycles. The molecule has 0 radical (unpaired) electrons. The Morgan fingerprint density at radius 2 is 1.65 bits per heavy atom. The van der Waals surface area contributed by atoms with E-state index in [9.17, 15) is 34.5 Å². The van der Waals surface area contributed by atoms with Gasteiger partial charge in [-0.25, -0.2) is 18.7 Å². The van der Waals surface area contributed by atoms with Crippen molar-refractivity contribution in [3.8, 4) is 27.3 Å². The number of nitrogens with zero attached hydrogens (tertiary/aromatic N) is 7. The third-order valence-corrected chi connectivity index (χ3v) is 15.2. The van der Waals surface area contributed by atoms with E-state index in [2.05, 4.69) is 30.9 Å². The summed E-state index contributed by atoms with van der Waals surface area (Å²) in [4.78, 5) is 73.8. The molecule has 0 aliphatic carbocycles. The molecule has 0 saturated carbocycles. The van der Waals surface area contributed by atoms with Crippen LogP contribution in [0.3, 0.4) is 0 Å². The minimum absolute atomic E-state index is 0.00361. The van der Waals surface area contributed by atoms with Crippen molar-refractivity contribution in [1.82, 2.24) is 40.3 Å². The number of fused-ring (bicyclic) bond motifs is 1. The highest BCUT2D eigenvalue weighted by molar-refractivity contribution is 7.13. The van der Waals surface area contributed by atoms with Crippen molar-refractivity contribution in [3.63, 3.8) is 0 Å². The molecule has 428 valence electrons. The number of ether oxygens (including phenoxy) is 3. The molecule has 1 unspecified atom stereocenters. The predicted molar refractivity (Wildman–Crippen MR) is 297 cm³/mol. The minimum atomic E-state index is -1.24. The van der Waals surface area contributed by atoms with Crippen LogP contribution in [0.25, 0.3) is 32.5 Å². The summed E-state index contributed by atoms with van der Waals surface area (Å²) in [7, 11) is 1.63.